The van der Waals surface area contributed by atoms with Gasteiger partial charge in [-0.2, -0.15) is 0 Å². The summed E-state index contributed by atoms with van der Waals surface area (Å²) in [7, 11) is -4.51. The summed E-state index contributed by atoms with van der Waals surface area (Å²) in [4.78, 5) is 7.58. The van der Waals surface area contributed by atoms with Crippen molar-refractivity contribution in [2.45, 2.75) is 11.8 Å². The molecule has 120 valence electrons. The Labute approximate surface area is 124 Å². The summed E-state index contributed by atoms with van der Waals surface area (Å²) < 4.78 is 50.2. The van der Waals surface area contributed by atoms with Gasteiger partial charge in [0.15, 0.2) is 0 Å². The Hall–Kier alpha value is -1.30. The predicted octanol–water partition coefficient (Wildman–Crippen LogP) is -0.922. The van der Waals surface area contributed by atoms with Crippen LogP contribution in [0.1, 0.15) is 6.92 Å². The molecule has 0 aliphatic heterocycles. The average molecular weight is 337 g/mol. The summed E-state index contributed by atoms with van der Waals surface area (Å²) in [5, 5.41) is 2.84. The number of rotatable bonds is 8. The lowest BCUT2D eigenvalue weighted by molar-refractivity contribution is 0.519. The van der Waals surface area contributed by atoms with E-state index < -0.39 is 20.0 Å². The van der Waals surface area contributed by atoms with Gasteiger partial charge in [0.1, 0.15) is 4.90 Å². The van der Waals surface area contributed by atoms with E-state index in [1.54, 1.807) is 0 Å². The van der Waals surface area contributed by atoms with Crippen LogP contribution in [0.2, 0.25) is 0 Å². The third-order valence-electron chi connectivity index (χ3n) is 2.48. The van der Waals surface area contributed by atoms with Crippen LogP contribution < -0.4 is 10.0 Å². The summed E-state index contributed by atoms with van der Waals surface area (Å²) in [6.07, 6.45) is 2.32. The molecule has 0 saturated carbocycles. The molecule has 0 amide bonds. The first-order valence-electron chi connectivity index (χ1n) is 6.15. The van der Waals surface area contributed by atoms with Crippen molar-refractivity contribution in [2.24, 2.45) is 0 Å². The van der Waals surface area contributed by atoms with Crippen LogP contribution in [0.25, 0.3) is 0 Å². The Bertz CT molecular complexity index is 655. The second kappa shape index (κ2) is 7.11. The van der Waals surface area contributed by atoms with Crippen molar-refractivity contribution in [1.82, 2.24) is 19.0 Å². The molecule has 0 spiro atoms. The third kappa shape index (κ3) is 5.19. The number of nitrogens with one attached hydrogen (secondary N) is 2. The molecule has 0 aromatic carbocycles. The molecule has 0 saturated heterocycles. The van der Waals surface area contributed by atoms with Crippen molar-refractivity contribution >= 4 is 26.0 Å². The van der Waals surface area contributed by atoms with E-state index >= 15 is 0 Å². The molecule has 0 aliphatic rings. The van der Waals surface area contributed by atoms with Gasteiger partial charge in [0, 0.05) is 27.2 Å². The van der Waals surface area contributed by atoms with Gasteiger partial charge in [-0.3, -0.25) is 0 Å². The summed E-state index contributed by atoms with van der Waals surface area (Å²) in [6.45, 7) is 2.26. The van der Waals surface area contributed by atoms with E-state index in [2.05, 4.69) is 20.0 Å². The fraction of sp³-hybridized carbons (Fsp3) is 0.600. The quantitative estimate of drug-likeness (QED) is 0.629. The third-order valence-corrected chi connectivity index (χ3v) is 5.73. The van der Waals surface area contributed by atoms with E-state index in [0.717, 1.165) is 16.7 Å². The Kier molecular flexibility index (Phi) is 6.01. The van der Waals surface area contributed by atoms with Crippen LogP contribution in [0.3, 0.4) is 0 Å². The number of hydrogen-bond donors (Lipinski definition) is 2. The highest BCUT2D eigenvalue weighted by atomic mass is 32.2. The molecule has 1 aromatic heterocycles. The number of hydrogen-bond acceptors (Lipinski definition) is 7. The van der Waals surface area contributed by atoms with Crippen molar-refractivity contribution in [2.75, 3.05) is 38.3 Å². The minimum atomic E-state index is -3.83. The molecular weight excluding hydrogens is 318 g/mol. The number of nitrogens with zero attached hydrogens (tertiary/aromatic N) is 3. The summed E-state index contributed by atoms with van der Waals surface area (Å²) in [5.41, 5.74) is 0. The van der Waals surface area contributed by atoms with E-state index in [-0.39, 0.29) is 17.2 Å². The molecule has 0 bridgehead atoms. The monoisotopic (exact) mass is 337 g/mol. The molecule has 1 aromatic rings. The lowest BCUT2D eigenvalue weighted by Gasteiger charge is -2.11. The predicted molar refractivity (Wildman–Crippen MR) is 78.9 cm³/mol. The molecule has 0 aliphatic carbocycles. The van der Waals surface area contributed by atoms with Crippen molar-refractivity contribution in [1.29, 1.82) is 0 Å². The molecular formula is C10H19N5O4S2. The van der Waals surface area contributed by atoms with Crippen LogP contribution in [0.4, 0.5) is 5.95 Å². The smallest absolute Gasteiger partial charge is 0.243 e. The van der Waals surface area contributed by atoms with Crippen LogP contribution in [0.15, 0.2) is 17.3 Å². The Morgan fingerprint density at radius 2 is 1.71 bits per heavy atom. The molecule has 0 fully saturated rings. The molecule has 11 heteroatoms. The van der Waals surface area contributed by atoms with Crippen LogP contribution in [0.5, 0.6) is 0 Å². The zero-order chi connectivity index (χ0) is 16.1. The maximum absolute atomic E-state index is 11.9. The Morgan fingerprint density at radius 1 is 1.14 bits per heavy atom. The number of anilines is 1. The Morgan fingerprint density at radius 3 is 2.19 bits per heavy atom. The minimum Gasteiger partial charge on any atom is -0.355 e. The first-order chi connectivity index (χ1) is 9.69. The molecule has 0 unspecified atom stereocenters. The Balaban J connectivity index is 2.69. The van der Waals surface area contributed by atoms with E-state index in [0.29, 0.717) is 12.5 Å². The van der Waals surface area contributed by atoms with Crippen LogP contribution in [-0.4, -0.2) is 64.0 Å². The second-order valence-corrected chi connectivity index (χ2v) is 8.34. The van der Waals surface area contributed by atoms with Crippen molar-refractivity contribution in [3.8, 4) is 0 Å². The van der Waals surface area contributed by atoms with Gasteiger partial charge >= 0.3 is 0 Å². The zero-order valence-electron chi connectivity index (χ0n) is 12.1. The molecule has 0 atom stereocenters. The van der Waals surface area contributed by atoms with Crippen molar-refractivity contribution < 1.29 is 16.8 Å². The van der Waals surface area contributed by atoms with Gasteiger partial charge in [-0.05, 0) is 6.92 Å². The normalized spacial score (nSPS) is 12.6. The van der Waals surface area contributed by atoms with Gasteiger partial charge < -0.3 is 5.32 Å². The van der Waals surface area contributed by atoms with E-state index in [4.69, 9.17) is 0 Å². The molecule has 9 nitrogen and oxygen atoms in total. The molecule has 21 heavy (non-hydrogen) atoms. The molecule has 0 radical (unpaired) electrons. The maximum Gasteiger partial charge on any atom is 0.243 e. The van der Waals surface area contributed by atoms with Gasteiger partial charge in [-0.1, -0.05) is 0 Å². The van der Waals surface area contributed by atoms with E-state index in [9.17, 15) is 16.8 Å². The fourth-order valence-electron chi connectivity index (χ4n) is 1.28. The lowest BCUT2D eigenvalue weighted by atomic mass is 10.6. The zero-order valence-corrected chi connectivity index (χ0v) is 13.7. The standard InChI is InChI=1S/C10H19N5O4S2/c1-4-11-10-12-7-9(8-13-10)21(18,19)14-5-6-20(16,17)15(2)3/h7-8,14H,4-6H2,1-3H3,(H,11,12,13). The van der Waals surface area contributed by atoms with E-state index in [1.165, 1.54) is 14.1 Å². The largest absolute Gasteiger partial charge is 0.355 e. The molecule has 1 rings (SSSR count). The minimum absolute atomic E-state index is 0.119. The lowest BCUT2D eigenvalue weighted by Crippen LogP contribution is -2.34. The average Bonchev–Trinajstić information content (AvgIpc) is 2.39. The SMILES string of the molecule is CCNc1ncc(S(=O)(=O)NCCS(=O)(=O)N(C)C)cn1. The van der Waals surface area contributed by atoms with E-state index in [1.807, 2.05) is 6.92 Å². The van der Waals surface area contributed by atoms with Gasteiger partial charge in [0.2, 0.25) is 26.0 Å². The first kappa shape index (κ1) is 17.8. The highest BCUT2D eigenvalue weighted by Gasteiger charge is 2.18. The fourth-order valence-corrected chi connectivity index (χ4v) is 3.05. The first-order valence-corrected chi connectivity index (χ1v) is 9.24. The summed E-state index contributed by atoms with van der Waals surface area (Å²) in [6, 6.07) is 0. The van der Waals surface area contributed by atoms with Crippen LogP contribution in [-0.2, 0) is 20.0 Å². The topological polar surface area (TPSA) is 121 Å². The maximum atomic E-state index is 11.9. The van der Waals surface area contributed by atoms with Gasteiger partial charge in [0.25, 0.3) is 0 Å². The van der Waals surface area contributed by atoms with Crippen molar-refractivity contribution in [3.63, 3.8) is 0 Å². The highest BCUT2D eigenvalue weighted by molar-refractivity contribution is 7.90. The summed E-state index contributed by atoms with van der Waals surface area (Å²) in [5.74, 6) is 0.00174. The number of sulfonamides is 2. The highest BCUT2D eigenvalue weighted by Crippen LogP contribution is 2.07. The van der Waals surface area contributed by atoms with Gasteiger partial charge in [-0.25, -0.2) is 35.8 Å². The van der Waals surface area contributed by atoms with Crippen molar-refractivity contribution in [3.05, 3.63) is 12.4 Å². The van der Waals surface area contributed by atoms with Gasteiger partial charge in [-0.15, -0.1) is 0 Å². The van der Waals surface area contributed by atoms with Crippen LogP contribution >= 0.6 is 0 Å². The second-order valence-electron chi connectivity index (χ2n) is 4.27. The van der Waals surface area contributed by atoms with Gasteiger partial charge in [0.05, 0.1) is 18.1 Å². The molecule has 1 heterocycles. The number of aromatic nitrogens is 2. The van der Waals surface area contributed by atoms with Crippen LogP contribution in [0, 0.1) is 0 Å². The molecule has 2 N–H and O–H groups in total. The summed E-state index contributed by atoms with van der Waals surface area (Å²) >= 11 is 0.